The van der Waals surface area contributed by atoms with E-state index in [2.05, 4.69) is 34.9 Å². The van der Waals surface area contributed by atoms with Gasteiger partial charge in [0.15, 0.2) is 0 Å². The molecule has 2 aromatic carbocycles. The average Bonchev–Trinajstić information content (AvgIpc) is 3.33. The Bertz CT molecular complexity index is 588. The van der Waals surface area contributed by atoms with Gasteiger partial charge in [0.05, 0.1) is 0 Å². The summed E-state index contributed by atoms with van der Waals surface area (Å²) in [7, 11) is 0. The highest BCUT2D eigenvalue weighted by Crippen LogP contribution is 2.19. The van der Waals surface area contributed by atoms with Crippen LogP contribution in [0, 0.1) is 0 Å². The number of amides is 1. The molecule has 2 N–H and O–H groups in total. The molecule has 0 aromatic heterocycles. The summed E-state index contributed by atoms with van der Waals surface area (Å²) in [4.78, 5) is 11.9. The molecule has 1 amide bonds. The second-order valence-electron chi connectivity index (χ2n) is 5.49. The third kappa shape index (κ3) is 4.09. The molecule has 0 spiro atoms. The van der Waals surface area contributed by atoms with E-state index in [-0.39, 0.29) is 5.91 Å². The van der Waals surface area contributed by atoms with Crippen LogP contribution in [0.5, 0.6) is 0 Å². The second kappa shape index (κ2) is 6.44. The molecule has 0 bridgehead atoms. The smallest absolute Gasteiger partial charge is 0.251 e. The van der Waals surface area contributed by atoms with Crippen molar-refractivity contribution in [3.05, 3.63) is 65.7 Å². The van der Waals surface area contributed by atoms with Gasteiger partial charge in [-0.25, -0.2) is 0 Å². The largest absolute Gasteiger partial charge is 0.385 e. The van der Waals surface area contributed by atoms with Gasteiger partial charge in [-0.15, -0.1) is 0 Å². The van der Waals surface area contributed by atoms with Gasteiger partial charge in [0.1, 0.15) is 0 Å². The molecule has 1 saturated carbocycles. The molecule has 2 aromatic rings. The fourth-order valence-electron chi connectivity index (χ4n) is 2.23. The molecule has 0 radical (unpaired) electrons. The first-order valence-corrected chi connectivity index (χ1v) is 7.50. The summed E-state index contributed by atoms with van der Waals surface area (Å²) >= 11 is 0. The minimum Gasteiger partial charge on any atom is -0.385 e. The Balaban J connectivity index is 1.48. The van der Waals surface area contributed by atoms with Crippen molar-refractivity contribution in [1.82, 2.24) is 5.32 Å². The molecule has 3 rings (SSSR count). The predicted molar refractivity (Wildman–Crippen MR) is 85.6 cm³/mol. The first-order chi connectivity index (χ1) is 10.3. The lowest BCUT2D eigenvalue weighted by molar-refractivity contribution is 0.0951. The molecule has 3 nitrogen and oxygen atoms in total. The van der Waals surface area contributed by atoms with E-state index in [1.54, 1.807) is 0 Å². The maximum absolute atomic E-state index is 11.9. The first-order valence-electron chi connectivity index (χ1n) is 7.50. The fourth-order valence-corrected chi connectivity index (χ4v) is 2.23. The van der Waals surface area contributed by atoms with Crippen LogP contribution in [0.2, 0.25) is 0 Å². The van der Waals surface area contributed by atoms with E-state index in [0.717, 1.165) is 37.1 Å². The highest BCUT2D eigenvalue weighted by molar-refractivity contribution is 5.94. The highest BCUT2D eigenvalue weighted by atomic mass is 16.1. The van der Waals surface area contributed by atoms with Crippen molar-refractivity contribution < 1.29 is 4.79 Å². The molecule has 0 atom stereocenters. The van der Waals surface area contributed by atoms with E-state index < -0.39 is 0 Å². The van der Waals surface area contributed by atoms with Gasteiger partial charge in [0, 0.05) is 23.8 Å². The van der Waals surface area contributed by atoms with Crippen LogP contribution in [-0.2, 0) is 6.42 Å². The van der Waals surface area contributed by atoms with Crippen molar-refractivity contribution in [1.29, 1.82) is 0 Å². The number of anilines is 1. The maximum Gasteiger partial charge on any atom is 0.251 e. The first kappa shape index (κ1) is 13.7. The molecule has 0 aliphatic heterocycles. The van der Waals surface area contributed by atoms with Crippen molar-refractivity contribution in [3.8, 4) is 0 Å². The van der Waals surface area contributed by atoms with E-state index in [1.165, 1.54) is 5.56 Å². The van der Waals surface area contributed by atoms with E-state index in [1.807, 2.05) is 30.3 Å². The molecule has 3 heteroatoms. The zero-order chi connectivity index (χ0) is 14.5. The summed E-state index contributed by atoms with van der Waals surface area (Å²) in [5, 5.41) is 6.38. The number of benzene rings is 2. The Hall–Kier alpha value is -2.29. The van der Waals surface area contributed by atoms with Crippen molar-refractivity contribution in [3.63, 3.8) is 0 Å². The Labute approximate surface area is 125 Å². The minimum absolute atomic E-state index is 0.0355. The maximum atomic E-state index is 11.9. The highest BCUT2D eigenvalue weighted by Gasteiger charge is 2.23. The van der Waals surface area contributed by atoms with Crippen LogP contribution in [-0.4, -0.2) is 18.5 Å². The van der Waals surface area contributed by atoms with Crippen LogP contribution in [0.1, 0.15) is 28.8 Å². The molecule has 0 saturated heterocycles. The van der Waals surface area contributed by atoms with Gasteiger partial charge in [-0.1, -0.05) is 30.3 Å². The molecule has 1 aliphatic rings. The molecule has 1 fully saturated rings. The van der Waals surface area contributed by atoms with Gasteiger partial charge in [0.25, 0.3) is 5.91 Å². The lowest BCUT2D eigenvalue weighted by Crippen LogP contribution is -2.25. The molecule has 0 heterocycles. The van der Waals surface area contributed by atoms with Crippen LogP contribution >= 0.6 is 0 Å². The second-order valence-corrected chi connectivity index (χ2v) is 5.49. The van der Waals surface area contributed by atoms with Gasteiger partial charge in [-0.3, -0.25) is 4.79 Å². The summed E-state index contributed by atoms with van der Waals surface area (Å²) in [6.45, 7) is 0.887. The average molecular weight is 280 g/mol. The number of hydrogen-bond donors (Lipinski definition) is 2. The minimum atomic E-state index is 0.0355. The number of nitrogens with one attached hydrogen (secondary N) is 2. The Kier molecular flexibility index (Phi) is 4.20. The van der Waals surface area contributed by atoms with Gasteiger partial charge in [-0.05, 0) is 49.1 Å². The van der Waals surface area contributed by atoms with E-state index in [0.29, 0.717) is 6.04 Å². The third-order valence-electron chi connectivity index (χ3n) is 3.65. The van der Waals surface area contributed by atoms with Gasteiger partial charge in [0.2, 0.25) is 0 Å². The number of carbonyl (C=O) groups is 1. The summed E-state index contributed by atoms with van der Waals surface area (Å²) in [5.74, 6) is 0.0355. The summed E-state index contributed by atoms with van der Waals surface area (Å²) < 4.78 is 0. The summed E-state index contributed by atoms with van der Waals surface area (Å²) in [5.41, 5.74) is 3.11. The molecule has 108 valence electrons. The van der Waals surface area contributed by atoms with Crippen LogP contribution in [0.3, 0.4) is 0 Å². The van der Waals surface area contributed by atoms with Crippen LogP contribution in [0.4, 0.5) is 5.69 Å². The molecule has 1 aliphatic carbocycles. The van der Waals surface area contributed by atoms with Crippen LogP contribution in [0.15, 0.2) is 54.6 Å². The van der Waals surface area contributed by atoms with Gasteiger partial charge >= 0.3 is 0 Å². The summed E-state index contributed by atoms with van der Waals surface area (Å²) in [6, 6.07) is 18.5. The third-order valence-corrected chi connectivity index (χ3v) is 3.65. The monoisotopic (exact) mass is 280 g/mol. The number of rotatable bonds is 6. The molecule has 21 heavy (non-hydrogen) atoms. The molecular formula is C18H20N2O. The standard InChI is InChI=1S/C18H20N2O/c21-18(20-17-10-11-17)15-6-8-16(9-7-15)19-13-12-14-4-2-1-3-5-14/h1-9,17,19H,10-13H2,(H,20,21). The normalized spacial score (nSPS) is 13.7. The predicted octanol–water partition coefficient (Wildman–Crippen LogP) is 3.23. The Morgan fingerprint density at radius 3 is 2.38 bits per heavy atom. The SMILES string of the molecule is O=C(NC1CC1)c1ccc(NCCc2ccccc2)cc1. The zero-order valence-corrected chi connectivity index (χ0v) is 12.0. The van der Waals surface area contributed by atoms with E-state index in [9.17, 15) is 4.79 Å². The number of carbonyl (C=O) groups excluding carboxylic acids is 1. The van der Waals surface area contributed by atoms with Crippen molar-refractivity contribution in [2.45, 2.75) is 25.3 Å². The van der Waals surface area contributed by atoms with E-state index in [4.69, 9.17) is 0 Å². The molecular weight excluding hydrogens is 260 g/mol. The van der Waals surface area contributed by atoms with E-state index >= 15 is 0 Å². The Morgan fingerprint density at radius 2 is 1.71 bits per heavy atom. The quantitative estimate of drug-likeness (QED) is 0.853. The lowest BCUT2D eigenvalue weighted by atomic mass is 10.1. The zero-order valence-electron chi connectivity index (χ0n) is 12.0. The van der Waals surface area contributed by atoms with Crippen molar-refractivity contribution in [2.24, 2.45) is 0 Å². The fraction of sp³-hybridized carbons (Fsp3) is 0.278. The van der Waals surface area contributed by atoms with Gasteiger partial charge in [-0.2, -0.15) is 0 Å². The van der Waals surface area contributed by atoms with Gasteiger partial charge < -0.3 is 10.6 Å². The van der Waals surface area contributed by atoms with Crippen molar-refractivity contribution in [2.75, 3.05) is 11.9 Å². The molecule has 0 unspecified atom stereocenters. The number of hydrogen-bond acceptors (Lipinski definition) is 2. The summed E-state index contributed by atoms with van der Waals surface area (Å²) in [6.07, 6.45) is 3.22. The van der Waals surface area contributed by atoms with Crippen LogP contribution in [0.25, 0.3) is 0 Å². The topological polar surface area (TPSA) is 41.1 Å². The lowest BCUT2D eigenvalue weighted by Gasteiger charge is -2.08. The Morgan fingerprint density at radius 1 is 1.00 bits per heavy atom. The van der Waals surface area contributed by atoms with Crippen molar-refractivity contribution >= 4 is 11.6 Å². The van der Waals surface area contributed by atoms with Crippen LogP contribution < -0.4 is 10.6 Å².